The quantitative estimate of drug-likeness (QED) is 0.186. The molecule has 4 aromatic rings. The number of nitrogens with two attached hydrogens (primary N) is 2. The predicted molar refractivity (Wildman–Crippen MR) is 141 cm³/mol. The van der Waals surface area contributed by atoms with Crippen molar-refractivity contribution in [1.82, 2.24) is 39.0 Å². The summed E-state index contributed by atoms with van der Waals surface area (Å²) in [6.45, 7) is 1.62. The molecule has 9 atom stereocenters. The Kier molecular flexibility index (Phi) is 7.27. The van der Waals surface area contributed by atoms with Gasteiger partial charge >= 0.3 is 8.25 Å². The van der Waals surface area contributed by atoms with Gasteiger partial charge in [0.25, 0.3) is 5.56 Å². The van der Waals surface area contributed by atoms with Crippen LogP contribution in [0.15, 0.2) is 23.8 Å². The lowest BCUT2D eigenvalue weighted by Crippen LogP contribution is -2.34. The fraction of sp³-hybridized carbons (Fsp3) is 0.500. The van der Waals surface area contributed by atoms with Gasteiger partial charge in [-0.05, 0) is 6.42 Å². The van der Waals surface area contributed by atoms with E-state index in [1.807, 2.05) is 6.92 Å². The highest BCUT2D eigenvalue weighted by Crippen LogP contribution is 2.42. The van der Waals surface area contributed by atoms with Crippen LogP contribution >= 0.6 is 17.1 Å². The Morgan fingerprint density at radius 1 is 1.20 bits per heavy atom. The van der Waals surface area contributed by atoms with Crippen LogP contribution in [0.3, 0.4) is 0 Å². The van der Waals surface area contributed by atoms with Crippen molar-refractivity contribution in [2.45, 2.75) is 55.9 Å². The average Bonchev–Trinajstić information content (AvgIpc) is 3.61. The summed E-state index contributed by atoms with van der Waals surface area (Å²) in [5.74, 6) is 0.0292. The fourth-order valence-electron chi connectivity index (χ4n) is 4.73. The maximum absolute atomic E-state index is 12.9. The maximum Gasteiger partial charge on any atom is 0.319 e. The Morgan fingerprint density at radius 3 is 2.83 bits per heavy atom. The summed E-state index contributed by atoms with van der Waals surface area (Å²) in [6.07, 6.45) is -2.10. The van der Waals surface area contributed by atoms with E-state index in [1.54, 1.807) is 0 Å². The second-order valence-corrected chi connectivity index (χ2v) is 11.9. The van der Waals surface area contributed by atoms with Crippen molar-refractivity contribution in [3.63, 3.8) is 0 Å². The highest BCUT2D eigenvalue weighted by Gasteiger charge is 2.47. The second kappa shape index (κ2) is 10.7. The van der Waals surface area contributed by atoms with E-state index in [0.717, 1.165) is 0 Å². The number of aliphatic hydroxyl groups is 2. The maximum atomic E-state index is 12.9. The minimum atomic E-state index is -3.17. The second-order valence-electron chi connectivity index (χ2n) is 9.38. The zero-order valence-electron chi connectivity index (χ0n) is 20.8. The van der Waals surface area contributed by atoms with E-state index < -0.39 is 50.7 Å². The Labute approximate surface area is 226 Å². The first kappa shape index (κ1) is 27.1. The van der Waals surface area contributed by atoms with Gasteiger partial charge in [0.05, 0.1) is 19.3 Å². The first-order chi connectivity index (χ1) is 19.2. The lowest BCUT2D eigenvalue weighted by molar-refractivity contribution is -0.0512. The zero-order chi connectivity index (χ0) is 28.1. The molecule has 2 aliphatic heterocycles. The number of aromatic amines is 1. The molecule has 2 fully saturated rings. The number of nitrogen functional groups attached to an aromatic ring is 2. The number of H-pyrrole nitrogens is 1. The van der Waals surface area contributed by atoms with Crippen LogP contribution in [0.5, 0.6) is 0 Å². The van der Waals surface area contributed by atoms with Crippen molar-refractivity contribution < 1.29 is 33.1 Å². The van der Waals surface area contributed by atoms with Gasteiger partial charge in [0.2, 0.25) is 5.95 Å². The molecule has 0 amide bonds. The van der Waals surface area contributed by atoms with Gasteiger partial charge in [-0.1, -0.05) is 6.92 Å². The number of hydrogen-bond donors (Lipinski definition) is 5. The third kappa shape index (κ3) is 4.86. The van der Waals surface area contributed by atoms with Crippen LogP contribution in [0, 0.1) is 0 Å². The Hall–Kier alpha value is -3.08. The first-order valence-electron chi connectivity index (χ1n) is 12.1. The number of aromatic nitrogens is 8. The van der Waals surface area contributed by atoms with Crippen molar-refractivity contribution >= 4 is 51.2 Å². The smallest absolute Gasteiger partial charge is 0.319 e. The molecular formula is C20H26N10O8P2. The van der Waals surface area contributed by atoms with E-state index >= 15 is 0 Å². The van der Waals surface area contributed by atoms with Crippen molar-refractivity contribution in [2.24, 2.45) is 0 Å². The Bertz CT molecular complexity index is 1630. The van der Waals surface area contributed by atoms with Gasteiger partial charge in [-0.2, -0.15) is 4.98 Å². The number of ether oxygens (including phenoxy) is 1. The summed E-state index contributed by atoms with van der Waals surface area (Å²) < 4.78 is 38.9. The third-order valence-electron chi connectivity index (χ3n) is 6.64. The Balaban J connectivity index is 1.22. The molecule has 2 aliphatic rings. The van der Waals surface area contributed by atoms with E-state index in [-0.39, 0.29) is 50.4 Å². The van der Waals surface area contributed by atoms with E-state index in [0.29, 0.717) is 11.2 Å². The zero-order valence-corrected chi connectivity index (χ0v) is 22.8. The molecule has 20 heteroatoms. The summed E-state index contributed by atoms with van der Waals surface area (Å²) in [5, 5.41) is 22.3. The molecule has 4 aromatic heterocycles. The molecule has 8 unspecified atom stereocenters. The van der Waals surface area contributed by atoms with Gasteiger partial charge in [-0.15, -0.1) is 0 Å². The summed E-state index contributed by atoms with van der Waals surface area (Å²) in [6, 6.07) is 0. The first-order valence-corrected chi connectivity index (χ1v) is 14.3. The number of fused-ring (bicyclic) bond motifs is 3. The largest absolute Gasteiger partial charge is 0.386 e. The number of imidazole rings is 2. The minimum Gasteiger partial charge on any atom is -0.386 e. The monoisotopic (exact) mass is 596 g/mol. The topological polar surface area (TPSA) is 254 Å². The van der Waals surface area contributed by atoms with E-state index in [1.165, 1.54) is 28.1 Å². The third-order valence-corrected chi connectivity index (χ3v) is 8.59. The molecule has 0 radical (unpaired) electrons. The van der Waals surface area contributed by atoms with Gasteiger partial charge in [0, 0.05) is 14.5 Å². The molecule has 6 heterocycles. The normalized spacial score (nSPS) is 31.3. The molecule has 0 aromatic carbocycles. The predicted octanol–water partition coefficient (Wildman–Crippen LogP) is -0.564. The molecule has 0 bridgehead atoms. The lowest BCUT2D eigenvalue weighted by atomic mass is 10.1. The molecule has 40 heavy (non-hydrogen) atoms. The van der Waals surface area contributed by atoms with Gasteiger partial charge < -0.3 is 40.0 Å². The van der Waals surface area contributed by atoms with E-state index in [9.17, 15) is 19.6 Å². The number of hydrogen-bond acceptors (Lipinski definition) is 15. The van der Waals surface area contributed by atoms with E-state index in [4.69, 9.17) is 29.8 Å². The van der Waals surface area contributed by atoms with Crippen LogP contribution in [0.4, 0.5) is 11.8 Å². The lowest BCUT2D eigenvalue weighted by Gasteiger charge is -2.26. The molecule has 7 N–H and O–H groups in total. The molecule has 18 nitrogen and oxygen atoms in total. The summed E-state index contributed by atoms with van der Waals surface area (Å²) in [5.41, 5.74) is 11.5. The van der Waals surface area contributed by atoms with Crippen molar-refractivity contribution in [1.29, 1.82) is 0 Å². The number of anilines is 2. The summed E-state index contributed by atoms with van der Waals surface area (Å²) in [7, 11) is -3.34. The van der Waals surface area contributed by atoms with Crippen LogP contribution in [0.2, 0.25) is 0 Å². The molecule has 0 spiro atoms. The summed E-state index contributed by atoms with van der Waals surface area (Å²) in [4.78, 5) is 34.9. The molecule has 0 saturated carbocycles. The minimum absolute atomic E-state index is 0.0274. The number of aliphatic hydroxyl groups excluding tert-OH is 2. The van der Waals surface area contributed by atoms with Crippen LogP contribution < -0.4 is 17.0 Å². The number of nitrogens with one attached hydrogen (secondary N) is 1. The van der Waals surface area contributed by atoms with Crippen LogP contribution in [0.1, 0.15) is 25.8 Å². The molecule has 0 aliphatic carbocycles. The van der Waals surface area contributed by atoms with Crippen LogP contribution in [-0.2, 0) is 22.9 Å². The van der Waals surface area contributed by atoms with Gasteiger partial charge in [-0.25, -0.2) is 19.9 Å². The molecule has 6 rings (SSSR count). The van der Waals surface area contributed by atoms with Crippen LogP contribution in [0.25, 0.3) is 22.3 Å². The van der Waals surface area contributed by atoms with Crippen molar-refractivity contribution in [2.75, 3.05) is 18.1 Å². The highest BCUT2D eigenvalue weighted by atomic mass is 31.1. The molecular weight excluding hydrogens is 570 g/mol. The van der Waals surface area contributed by atoms with Gasteiger partial charge in [-0.3, -0.25) is 23.5 Å². The standard InChI is InChI=1S/C20H26N10O8P2/c1-7-2-8(18(33)29-5-26-11-16(29)27-20(22)28-17(11)32)38-40(34)35-3-9-13(37-39-7)12(31)19(36-9)30-6-25-10-14(21)23-4-24-15(10)30/h4-9,12-13,18-19,31,33,39-40H,2-3H2,1H3,(H2,21,23,24)(H3,22,27,28,32)/t7?,8-,9?,12?,13?,18?,19?/m0/s1. The SMILES string of the molecule is CC1C[C@@H](C(O)n2cnc3c(=O)[nH]c(N)nc32)O[PH](=O)OCC2OC(n3cnc4c(N)ncnc43)C(O)C2OP1. The number of nitrogens with zero attached hydrogens (tertiary/aromatic N) is 7. The van der Waals surface area contributed by atoms with Gasteiger partial charge in [0.15, 0.2) is 35.1 Å². The Morgan fingerprint density at radius 2 is 2.00 bits per heavy atom. The molecule has 2 saturated heterocycles. The van der Waals surface area contributed by atoms with Crippen molar-refractivity contribution in [3.8, 4) is 0 Å². The highest BCUT2D eigenvalue weighted by molar-refractivity contribution is 7.33. The molecule has 214 valence electrons. The number of rotatable bonds is 3. The fourth-order valence-corrected chi connectivity index (χ4v) is 6.57. The summed E-state index contributed by atoms with van der Waals surface area (Å²) >= 11 is 0. The average molecular weight is 596 g/mol. The van der Waals surface area contributed by atoms with Gasteiger partial charge in [0.1, 0.15) is 36.3 Å². The van der Waals surface area contributed by atoms with Crippen molar-refractivity contribution in [3.05, 3.63) is 29.3 Å². The van der Waals surface area contributed by atoms with Crippen LogP contribution in [-0.4, -0.2) is 85.9 Å². The van der Waals surface area contributed by atoms with E-state index in [2.05, 4.69) is 29.9 Å².